The molecule has 2 aromatic carbocycles. The molecule has 2 amide bonds. The van der Waals surface area contributed by atoms with Crippen molar-refractivity contribution in [3.8, 4) is 0 Å². The summed E-state index contributed by atoms with van der Waals surface area (Å²) in [5, 5.41) is 4.73. The first kappa shape index (κ1) is 20.6. The minimum absolute atomic E-state index is 0.149. The smallest absolute Gasteiger partial charge is 0.339 e. The van der Waals surface area contributed by atoms with Crippen molar-refractivity contribution < 1.29 is 33.0 Å². The third-order valence-electron chi connectivity index (χ3n) is 3.47. The third-order valence-corrected chi connectivity index (χ3v) is 3.47. The Bertz CT molecular complexity index is 882. The highest BCUT2D eigenvalue weighted by molar-refractivity contribution is 6.02. The summed E-state index contributed by atoms with van der Waals surface area (Å²) in [6, 6.07) is 10.9. The summed E-state index contributed by atoms with van der Waals surface area (Å²) in [5.41, 5.74) is 0.530. The first-order valence-corrected chi connectivity index (χ1v) is 8.07. The largest absolute Gasteiger partial charge is 0.465 e. The van der Waals surface area contributed by atoms with Crippen molar-refractivity contribution in [3.05, 3.63) is 65.5 Å². The van der Waals surface area contributed by atoms with Gasteiger partial charge in [-0.3, -0.25) is 14.4 Å². The lowest BCUT2D eigenvalue weighted by Crippen LogP contribution is -2.32. The van der Waals surface area contributed by atoms with Crippen LogP contribution in [0.3, 0.4) is 0 Å². The molecule has 0 unspecified atom stereocenters. The Labute approximate surface area is 159 Å². The van der Waals surface area contributed by atoms with Gasteiger partial charge in [0.1, 0.15) is 12.4 Å². The van der Waals surface area contributed by atoms with E-state index in [1.54, 1.807) is 12.1 Å². The molecule has 2 aromatic rings. The van der Waals surface area contributed by atoms with E-state index in [1.807, 2.05) is 0 Å². The molecule has 0 atom stereocenters. The van der Waals surface area contributed by atoms with Gasteiger partial charge in [0.25, 0.3) is 11.8 Å². The number of amides is 2. The zero-order valence-electron chi connectivity index (χ0n) is 14.9. The molecule has 2 N–H and O–H groups in total. The Morgan fingerprint density at radius 1 is 1.00 bits per heavy atom. The molecule has 0 aliphatic carbocycles. The zero-order valence-corrected chi connectivity index (χ0v) is 14.9. The number of hydrogen-bond donors (Lipinski definition) is 2. The summed E-state index contributed by atoms with van der Waals surface area (Å²) in [6.07, 6.45) is 0. The van der Waals surface area contributed by atoms with Crippen LogP contribution >= 0.6 is 0 Å². The van der Waals surface area contributed by atoms with Crippen LogP contribution in [0.4, 0.5) is 10.1 Å². The molecule has 9 heteroatoms. The van der Waals surface area contributed by atoms with Crippen LogP contribution < -0.4 is 10.6 Å². The second kappa shape index (κ2) is 9.81. The molecule has 0 aliphatic heterocycles. The fourth-order valence-electron chi connectivity index (χ4n) is 2.12. The molecule has 28 heavy (non-hydrogen) atoms. The maximum atomic E-state index is 12.8. The van der Waals surface area contributed by atoms with Crippen LogP contribution in [0.15, 0.2) is 48.5 Å². The fraction of sp³-hybridized carbons (Fsp3) is 0.158. The highest BCUT2D eigenvalue weighted by atomic mass is 19.1. The first-order chi connectivity index (χ1) is 13.4. The van der Waals surface area contributed by atoms with Crippen molar-refractivity contribution in [2.45, 2.75) is 0 Å². The van der Waals surface area contributed by atoms with Gasteiger partial charge in [-0.15, -0.1) is 0 Å². The van der Waals surface area contributed by atoms with Gasteiger partial charge in [-0.05, 0) is 36.4 Å². The van der Waals surface area contributed by atoms with Crippen LogP contribution in [0, 0.1) is 5.82 Å². The molecule has 0 aromatic heterocycles. The number of ether oxygens (including phenoxy) is 2. The van der Waals surface area contributed by atoms with Gasteiger partial charge in [-0.25, -0.2) is 9.18 Å². The number of halogens is 1. The van der Waals surface area contributed by atoms with Crippen LogP contribution in [-0.4, -0.2) is 44.0 Å². The van der Waals surface area contributed by atoms with Crippen molar-refractivity contribution in [1.82, 2.24) is 5.32 Å². The first-order valence-electron chi connectivity index (χ1n) is 8.07. The predicted octanol–water partition coefficient (Wildman–Crippen LogP) is 1.52. The van der Waals surface area contributed by atoms with Gasteiger partial charge in [-0.1, -0.05) is 12.1 Å². The van der Waals surface area contributed by atoms with E-state index in [2.05, 4.69) is 15.4 Å². The quantitative estimate of drug-likeness (QED) is 0.696. The van der Waals surface area contributed by atoms with Crippen LogP contribution in [0.1, 0.15) is 20.7 Å². The van der Waals surface area contributed by atoms with E-state index < -0.39 is 42.7 Å². The van der Waals surface area contributed by atoms with Crippen molar-refractivity contribution in [2.75, 3.05) is 25.6 Å². The molecule has 8 nitrogen and oxygen atoms in total. The number of methoxy groups -OCH3 is 1. The van der Waals surface area contributed by atoms with E-state index in [0.29, 0.717) is 0 Å². The van der Waals surface area contributed by atoms with Gasteiger partial charge in [0.05, 0.1) is 18.4 Å². The minimum Gasteiger partial charge on any atom is -0.465 e. The van der Waals surface area contributed by atoms with Crippen molar-refractivity contribution >= 4 is 29.4 Å². The molecule has 0 fully saturated rings. The molecule has 0 aliphatic rings. The second-order valence-electron chi connectivity index (χ2n) is 5.44. The molecule has 0 saturated carbocycles. The summed E-state index contributed by atoms with van der Waals surface area (Å²) in [7, 11) is 1.21. The van der Waals surface area contributed by atoms with E-state index in [1.165, 1.54) is 31.4 Å². The number of benzene rings is 2. The Balaban J connectivity index is 1.80. The third kappa shape index (κ3) is 5.90. The number of carbonyl (C=O) groups excluding carboxylic acids is 4. The van der Waals surface area contributed by atoms with E-state index in [0.717, 1.165) is 12.1 Å². The maximum absolute atomic E-state index is 12.8. The molecule has 0 heterocycles. The van der Waals surface area contributed by atoms with Gasteiger partial charge in [0.2, 0.25) is 0 Å². The number of hydrogen-bond acceptors (Lipinski definition) is 6. The van der Waals surface area contributed by atoms with Gasteiger partial charge in [-0.2, -0.15) is 0 Å². The van der Waals surface area contributed by atoms with Gasteiger partial charge < -0.3 is 20.1 Å². The van der Waals surface area contributed by atoms with E-state index in [9.17, 15) is 23.6 Å². The van der Waals surface area contributed by atoms with Gasteiger partial charge in [0, 0.05) is 5.56 Å². The Morgan fingerprint density at radius 2 is 1.68 bits per heavy atom. The number of carbonyl (C=O) groups is 4. The molecule has 0 radical (unpaired) electrons. The molecule has 146 valence electrons. The maximum Gasteiger partial charge on any atom is 0.339 e. The van der Waals surface area contributed by atoms with E-state index in [4.69, 9.17) is 4.74 Å². The normalized spacial score (nSPS) is 9.93. The standard InChI is InChI=1S/C19H17FN2O6/c1-27-19(26)14-4-2-3-5-15(14)22-16(23)11-28-17(24)10-21-18(25)12-6-8-13(20)9-7-12/h2-9H,10-11H2,1H3,(H,21,25)(H,22,23). The van der Waals surface area contributed by atoms with Crippen LogP contribution in [0.25, 0.3) is 0 Å². The van der Waals surface area contributed by atoms with Gasteiger partial charge >= 0.3 is 11.9 Å². The number of anilines is 1. The molecular formula is C19H17FN2O6. The minimum atomic E-state index is -0.841. The SMILES string of the molecule is COC(=O)c1ccccc1NC(=O)COC(=O)CNC(=O)c1ccc(F)cc1. The lowest BCUT2D eigenvalue weighted by atomic mass is 10.2. The lowest BCUT2D eigenvalue weighted by molar-refractivity contribution is -0.146. The average molecular weight is 388 g/mol. The number of nitrogens with one attached hydrogen (secondary N) is 2. The Kier molecular flexibility index (Phi) is 7.21. The molecule has 0 bridgehead atoms. The summed E-state index contributed by atoms with van der Waals surface area (Å²) in [5.74, 6) is -3.22. The Hall–Kier alpha value is -3.75. The fourth-order valence-corrected chi connectivity index (χ4v) is 2.12. The van der Waals surface area contributed by atoms with Crippen LogP contribution in [0.2, 0.25) is 0 Å². The number of esters is 2. The highest BCUT2D eigenvalue weighted by Gasteiger charge is 2.15. The monoisotopic (exact) mass is 388 g/mol. The average Bonchev–Trinajstić information content (AvgIpc) is 2.70. The molecule has 2 rings (SSSR count). The van der Waals surface area contributed by atoms with E-state index in [-0.39, 0.29) is 16.8 Å². The molecule has 0 saturated heterocycles. The van der Waals surface area contributed by atoms with Crippen LogP contribution in [-0.2, 0) is 19.1 Å². The number of rotatable bonds is 7. The van der Waals surface area contributed by atoms with Crippen molar-refractivity contribution in [1.29, 1.82) is 0 Å². The zero-order chi connectivity index (χ0) is 20.5. The lowest BCUT2D eigenvalue weighted by Gasteiger charge is -2.10. The van der Waals surface area contributed by atoms with E-state index >= 15 is 0 Å². The summed E-state index contributed by atoms with van der Waals surface area (Å²) >= 11 is 0. The van der Waals surface area contributed by atoms with Crippen molar-refractivity contribution in [3.63, 3.8) is 0 Å². The summed E-state index contributed by atoms with van der Waals surface area (Å²) < 4.78 is 22.2. The number of para-hydroxylation sites is 1. The van der Waals surface area contributed by atoms with Crippen LogP contribution in [0.5, 0.6) is 0 Å². The van der Waals surface area contributed by atoms with Gasteiger partial charge in [0.15, 0.2) is 6.61 Å². The van der Waals surface area contributed by atoms with Crippen molar-refractivity contribution in [2.24, 2.45) is 0 Å². The topological polar surface area (TPSA) is 111 Å². The summed E-state index contributed by atoms with van der Waals surface area (Å²) in [6.45, 7) is -1.08. The molecule has 0 spiro atoms. The Morgan fingerprint density at radius 3 is 2.36 bits per heavy atom. The second-order valence-corrected chi connectivity index (χ2v) is 5.44. The predicted molar refractivity (Wildman–Crippen MR) is 96.1 cm³/mol. The molecular weight excluding hydrogens is 371 g/mol. The summed E-state index contributed by atoms with van der Waals surface area (Å²) in [4.78, 5) is 47.0. The highest BCUT2D eigenvalue weighted by Crippen LogP contribution is 2.15.